The highest BCUT2D eigenvalue weighted by Crippen LogP contribution is 2.43. The summed E-state index contributed by atoms with van der Waals surface area (Å²) in [6.45, 7) is 0. The first-order valence-electron chi connectivity index (χ1n) is 21.4. The largest absolute Gasteiger partial charge is 0.456 e. The third-order valence-electron chi connectivity index (χ3n) is 12.6. The summed E-state index contributed by atoms with van der Waals surface area (Å²) in [6, 6.07) is 77.4. The minimum Gasteiger partial charge on any atom is -0.456 e. The quantitative estimate of drug-likeness (QED) is 0.168. The molecule has 0 saturated heterocycles. The van der Waals surface area contributed by atoms with Gasteiger partial charge >= 0.3 is 0 Å². The number of hydrogen-bond donors (Lipinski definition) is 0. The van der Waals surface area contributed by atoms with Gasteiger partial charge in [-0.25, -0.2) is 4.98 Å². The van der Waals surface area contributed by atoms with E-state index in [1.165, 1.54) is 32.9 Å². The molecule has 0 unspecified atom stereocenters. The van der Waals surface area contributed by atoms with Crippen molar-refractivity contribution < 1.29 is 8.83 Å². The highest BCUT2D eigenvalue weighted by atomic mass is 16.3. The van der Waals surface area contributed by atoms with E-state index in [0.29, 0.717) is 0 Å². The van der Waals surface area contributed by atoms with Crippen molar-refractivity contribution in [1.29, 1.82) is 0 Å². The maximum Gasteiger partial charge on any atom is 0.136 e. The van der Waals surface area contributed by atoms with Gasteiger partial charge in [-0.1, -0.05) is 140 Å². The van der Waals surface area contributed by atoms with Crippen LogP contribution in [0.5, 0.6) is 0 Å². The fourth-order valence-corrected chi connectivity index (χ4v) is 9.69. The molecule has 0 saturated carbocycles. The molecular weight excluding hydrogens is 769 g/mol. The van der Waals surface area contributed by atoms with Crippen molar-refractivity contribution in [2.24, 2.45) is 0 Å². The predicted octanol–water partition coefficient (Wildman–Crippen LogP) is 16.3. The summed E-state index contributed by atoms with van der Waals surface area (Å²) < 4.78 is 15.3. The predicted molar refractivity (Wildman–Crippen MR) is 260 cm³/mol. The fraction of sp³-hybridized carbons (Fsp3) is 0. The second-order valence-corrected chi connectivity index (χ2v) is 16.3. The highest BCUT2D eigenvalue weighted by Gasteiger charge is 2.19. The van der Waals surface area contributed by atoms with Crippen LogP contribution in [-0.2, 0) is 0 Å². The Labute approximate surface area is 362 Å². The lowest BCUT2D eigenvalue weighted by atomic mass is 9.92. The second kappa shape index (κ2) is 14.1. The second-order valence-electron chi connectivity index (χ2n) is 16.3. The van der Waals surface area contributed by atoms with E-state index in [1.54, 1.807) is 0 Å². The molecule has 4 heterocycles. The summed E-state index contributed by atoms with van der Waals surface area (Å²) in [5, 5.41) is 6.75. The Morgan fingerprint density at radius 3 is 1.73 bits per heavy atom. The zero-order valence-corrected chi connectivity index (χ0v) is 34.0. The summed E-state index contributed by atoms with van der Waals surface area (Å²) in [7, 11) is 0. The topological polar surface area (TPSA) is 44.1 Å². The lowest BCUT2D eigenvalue weighted by molar-refractivity contribution is 0.668. The summed E-state index contributed by atoms with van der Waals surface area (Å²) >= 11 is 0. The molecule has 0 aliphatic rings. The smallest absolute Gasteiger partial charge is 0.136 e. The van der Waals surface area contributed by atoms with Gasteiger partial charge in [0.05, 0.1) is 22.4 Å². The molecule has 0 bridgehead atoms. The molecule has 4 nitrogen and oxygen atoms in total. The number of pyridine rings is 1. The Morgan fingerprint density at radius 2 is 0.889 bits per heavy atom. The Balaban J connectivity index is 0.966. The standard InChI is InChI=1S/C59H36N2O2/c1-3-14-37(15-4-1)41-34-51(40-26-29-47-46-21-10-12-24-55(46)63-58(47)36-40)60-52(35-41)48-22-13-25-57-59(48)50-33-39(28-31-56(50)62-57)44-19-8-7-18-43(44)38-27-30-54-49(32-38)45-20-9-11-23-53(45)61(54)42-16-5-2-6-17-42/h1-36H. The zero-order valence-electron chi connectivity index (χ0n) is 34.0. The van der Waals surface area contributed by atoms with Gasteiger partial charge in [0.15, 0.2) is 0 Å². The maximum atomic E-state index is 6.61. The van der Waals surface area contributed by atoms with Crippen molar-refractivity contribution in [1.82, 2.24) is 9.55 Å². The molecule has 4 aromatic heterocycles. The number of nitrogens with zero attached hydrogens (tertiary/aromatic N) is 2. The van der Waals surface area contributed by atoms with E-state index in [9.17, 15) is 0 Å². The first-order chi connectivity index (χ1) is 31.2. The van der Waals surface area contributed by atoms with E-state index in [1.807, 2.05) is 12.1 Å². The molecule has 13 rings (SSSR count). The van der Waals surface area contributed by atoms with Crippen LogP contribution in [-0.4, -0.2) is 9.55 Å². The molecule has 9 aromatic carbocycles. The Hall–Kier alpha value is -8.47. The van der Waals surface area contributed by atoms with Gasteiger partial charge in [-0.15, -0.1) is 0 Å². The van der Waals surface area contributed by atoms with Gasteiger partial charge in [-0.3, -0.25) is 0 Å². The van der Waals surface area contributed by atoms with E-state index >= 15 is 0 Å². The number of fused-ring (bicyclic) bond motifs is 9. The number of rotatable bonds is 6. The van der Waals surface area contributed by atoms with Crippen LogP contribution >= 0.6 is 0 Å². The van der Waals surface area contributed by atoms with Crippen molar-refractivity contribution in [3.05, 3.63) is 218 Å². The average Bonchev–Trinajstić information content (AvgIpc) is 4.03. The van der Waals surface area contributed by atoms with E-state index in [2.05, 4.69) is 211 Å². The van der Waals surface area contributed by atoms with Gasteiger partial charge < -0.3 is 13.4 Å². The molecule has 13 aromatic rings. The maximum absolute atomic E-state index is 6.61. The van der Waals surface area contributed by atoms with Crippen molar-refractivity contribution in [3.8, 4) is 61.6 Å². The van der Waals surface area contributed by atoms with E-state index in [0.717, 1.165) is 94.3 Å². The molecule has 0 amide bonds. The normalized spacial score (nSPS) is 11.8. The number of para-hydroxylation sites is 3. The average molecular weight is 805 g/mol. The minimum atomic E-state index is 0.824. The highest BCUT2D eigenvalue weighted by molar-refractivity contribution is 6.14. The molecule has 0 spiro atoms. The van der Waals surface area contributed by atoms with Crippen LogP contribution in [0.15, 0.2) is 227 Å². The van der Waals surface area contributed by atoms with E-state index in [4.69, 9.17) is 13.8 Å². The van der Waals surface area contributed by atoms with Crippen LogP contribution in [0.3, 0.4) is 0 Å². The van der Waals surface area contributed by atoms with Crippen LogP contribution in [0.4, 0.5) is 0 Å². The van der Waals surface area contributed by atoms with Crippen LogP contribution in [0, 0.1) is 0 Å². The Morgan fingerprint density at radius 1 is 0.302 bits per heavy atom. The summed E-state index contributed by atoms with van der Waals surface area (Å²) in [4.78, 5) is 5.41. The third kappa shape index (κ3) is 5.73. The molecule has 0 N–H and O–H groups in total. The molecule has 4 heteroatoms. The zero-order chi connectivity index (χ0) is 41.4. The monoisotopic (exact) mass is 804 g/mol. The lowest BCUT2D eigenvalue weighted by Crippen LogP contribution is -1.93. The third-order valence-corrected chi connectivity index (χ3v) is 12.6. The molecular formula is C59H36N2O2. The van der Waals surface area contributed by atoms with Crippen molar-refractivity contribution >= 4 is 65.7 Å². The fourth-order valence-electron chi connectivity index (χ4n) is 9.69. The van der Waals surface area contributed by atoms with Gasteiger partial charge in [0.1, 0.15) is 22.3 Å². The van der Waals surface area contributed by atoms with Gasteiger partial charge in [-0.05, 0) is 112 Å². The van der Waals surface area contributed by atoms with Crippen molar-refractivity contribution in [2.75, 3.05) is 0 Å². The van der Waals surface area contributed by atoms with Gasteiger partial charge in [0, 0.05) is 49.1 Å². The summed E-state index contributed by atoms with van der Waals surface area (Å²) in [5.41, 5.74) is 17.5. The van der Waals surface area contributed by atoms with Crippen molar-refractivity contribution in [2.45, 2.75) is 0 Å². The van der Waals surface area contributed by atoms with E-state index in [-0.39, 0.29) is 0 Å². The number of hydrogen-bond acceptors (Lipinski definition) is 3. The first kappa shape index (κ1) is 35.3. The SMILES string of the molecule is c1ccc(-c2cc(-c3ccc4c(c3)oc3ccccc34)nc(-c3cccc4oc5ccc(-c6ccccc6-c6ccc7c(c6)c6ccccc6n7-c6ccccc6)cc5c34)c2)cc1. The molecule has 294 valence electrons. The van der Waals surface area contributed by atoms with E-state index < -0.39 is 0 Å². The molecule has 63 heavy (non-hydrogen) atoms. The number of benzene rings is 9. The number of furan rings is 2. The molecule has 0 radical (unpaired) electrons. The Bertz CT molecular complexity index is 3910. The van der Waals surface area contributed by atoms with Crippen LogP contribution < -0.4 is 0 Å². The van der Waals surface area contributed by atoms with Gasteiger partial charge in [0.2, 0.25) is 0 Å². The first-order valence-corrected chi connectivity index (χ1v) is 21.4. The molecule has 0 fully saturated rings. The van der Waals surface area contributed by atoms with Crippen LogP contribution in [0.1, 0.15) is 0 Å². The number of aromatic nitrogens is 2. The molecule has 0 aliphatic heterocycles. The summed E-state index contributed by atoms with van der Waals surface area (Å²) in [5.74, 6) is 0. The minimum absolute atomic E-state index is 0.824. The van der Waals surface area contributed by atoms with Crippen molar-refractivity contribution in [3.63, 3.8) is 0 Å². The Kier molecular flexibility index (Phi) is 7.87. The molecule has 0 aliphatic carbocycles. The van der Waals surface area contributed by atoms with Gasteiger partial charge in [-0.2, -0.15) is 0 Å². The summed E-state index contributed by atoms with van der Waals surface area (Å²) in [6.07, 6.45) is 0. The van der Waals surface area contributed by atoms with Gasteiger partial charge in [0.25, 0.3) is 0 Å². The lowest BCUT2D eigenvalue weighted by Gasteiger charge is -2.12. The van der Waals surface area contributed by atoms with Crippen LogP contribution in [0.2, 0.25) is 0 Å². The molecule has 0 atom stereocenters. The van der Waals surface area contributed by atoms with Crippen LogP contribution in [0.25, 0.3) is 127 Å².